The molecule has 4 rings (SSSR count). The van der Waals surface area contributed by atoms with E-state index in [1.54, 1.807) is 12.3 Å². The Hall–Kier alpha value is -3.06. The number of carboxylic acid groups (broad SMARTS) is 1. The lowest BCUT2D eigenvalue weighted by Crippen LogP contribution is -2.40. The first kappa shape index (κ1) is 22.1. The monoisotopic (exact) mass is 453 g/mol. The summed E-state index contributed by atoms with van der Waals surface area (Å²) >= 11 is 0. The zero-order valence-corrected chi connectivity index (χ0v) is 18.7. The molecule has 32 heavy (non-hydrogen) atoms. The number of hydrogen-bond acceptors (Lipinski definition) is 3. The Morgan fingerprint density at radius 3 is 2.56 bits per heavy atom. The van der Waals surface area contributed by atoms with Gasteiger partial charge in [-0.15, -0.1) is 0 Å². The molecular formula is C25H24FNO4S. The molecule has 1 saturated heterocycles. The summed E-state index contributed by atoms with van der Waals surface area (Å²) in [6.07, 6.45) is 4.74. The second-order valence-electron chi connectivity index (χ2n) is 8.13. The number of carboxylic acids is 1. The van der Waals surface area contributed by atoms with Gasteiger partial charge in [-0.2, -0.15) is 0 Å². The van der Waals surface area contributed by atoms with Crippen LogP contribution in [-0.2, 0) is 20.4 Å². The van der Waals surface area contributed by atoms with E-state index in [1.807, 2.05) is 37.3 Å². The third kappa shape index (κ3) is 4.17. The number of fused-ring (bicyclic) bond motifs is 1. The van der Waals surface area contributed by atoms with Crippen molar-refractivity contribution in [1.29, 1.82) is 0 Å². The predicted octanol–water partition coefficient (Wildman–Crippen LogP) is 4.36. The summed E-state index contributed by atoms with van der Waals surface area (Å²) in [5.74, 6) is -1.63. The Labute approximate surface area is 188 Å². The molecule has 1 N–H and O–H groups in total. The largest absolute Gasteiger partial charge is 0.480 e. The normalized spacial score (nSPS) is 20.0. The lowest BCUT2D eigenvalue weighted by Gasteiger charge is -2.22. The number of amides is 1. The smallest absolute Gasteiger partial charge is 0.326 e. The standard InChI is InChI=1S/C25H24FNO4S/c1-15-20(12-16-5-8-18(9-6-16)32(2)31)19-10-7-17(26)13-22(19)21(15)14-24(28)27-11-3-4-23(27)25(29)30/h5-10,12-13,23H,3-4,11,14H2,1-2H3,(H,29,30)/b20-12-/t23-,32+/m0/s1. The lowest BCUT2D eigenvalue weighted by molar-refractivity contribution is -0.147. The van der Waals surface area contributed by atoms with Crippen LogP contribution in [0.15, 0.2) is 52.9 Å². The van der Waals surface area contributed by atoms with Crippen molar-refractivity contribution in [2.45, 2.75) is 37.1 Å². The molecule has 0 bridgehead atoms. The van der Waals surface area contributed by atoms with Crippen LogP contribution in [0.3, 0.4) is 0 Å². The van der Waals surface area contributed by atoms with Crippen molar-refractivity contribution >= 4 is 39.9 Å². The third-order valence-electron chi connectivity index (χ3n) is 6.16. The summed E-state index contributed by atoms with van der Waals surface area (Å²) in [6.45, 7) is 2.33. The number of hydrogen-bond donors (Lipinski definition) is 1. The first-order valence-electron chi connectivity index (χ1n) is 10.4. The summed E-state index contributed by atoms with van der Waals surface area (Å²) in [5, 5.41) is 9.42. The number of nitrogens with zero attached hydrogens (tertiary/aromatic N) is 1. The Bertz CT molecular complexity index is 1180. The minimum Gasteiger partial charge on any atom is -0.480 e. The van der Waals surface area contributed by atoms with Crippen LogP contribution in [0.4, 0.5) is 4.39 Å². The van der Waals surface area contributed by atoms with E-state index in [0.29, 0.717) is 24.9 Å². The average Bonchev–Trinajstić information content (AvgIpc) is 3.34. The molecular weight excluding hydrogens is 429 g/mol. The van der Waals surface area contributed by atoms with Gasteiger partial charge in [0.15, 0.2) is 0 Å². The first-order chi connectivity index (χ1) is 15.3. The number of likely N-dealkylation sites (tertiary alicyclic amines) is 1. The van der Waals surface area contributed by atoms with Gasteiger partial charge in [0, 0.05) is 28.5 Å². The molecule has 1 amide bonds. The van der Waals surface area contributed by atoms with Crippen molar-refractivity contribution < 1.29 is 23.3 Å². The van der Waals surface area contributed by atoms with Gasteiger partial charge < -0.3 is 10.0 Å². The van der Waals surface area contributed by atoms with Crippen molar-refractivity contribution in [2.75, 3.05) is 12.8 Å². The SMILES string of the molecule is CC1=C(CC(=O)N2CCC[C@H]2C(=O)O)c2cc(F)ccc2/C1=C\c1ccc([S@@](C)=O)cc1. The third-order valence-corrected chi connectivity index (χ3v) is 7.10. The average molecular weight is 454 g/mol. The van der Waals surface area contributed by atoms with Gasteiger partial charge in [0.1, 0.15) is 11.9 Å². The molecule has 0 saturated carbocycles. The van der Waals surface area contributed by atoms with E-state index in [2.05, 4.69) is 0 Å². The van der Waals surface area contributed by atoms with Crippen LogP contribution in [0.25, 0.3) is 17.2 Å². The second-order valence-corrected chi connectivity index (χ2v) is 9.51. The number of aliphatic carboxylic acids is 1. The fraction of sp³-hybridized carbons (Fsp3) is 0.280. The molecule has 1 heterocycles. The molecule has 0 spiro atoms. The maximum Gasteiger partial charge on any atom is 0.326 e. The maximum absolute atomic E-state index is 14.1. The molecule has 5 nitrogen and oxygen atoms in total. The van der Waals surface area contributed by atoms with E-state index in [9.17, 15) is 23.3 Å². The Kier molecular flexibility index (Phi) is 6.11. The maximum atomic E-state index is 14.1. The molecule has 166 valence electrons. The van der Waals surface area contributed by atoms with E-state index in [-0.39, 0.29) is 18.1 Å². The highest BCUT2D eigenvalue weighted by Crippen LogP contribution is 2.44. The van der Waals surface area contributed by atoms with Gasteiger partial charge in [0.25, 0.3) is 0 Å². The lowest BCUT2D eigenvalue weighted by atomic mass is 10.0. The summed E-state index contributed by atoms with van der Waals surface area (Å²) in [6, 6.07) is 11.1. The highest BCUT2D eigenvalue weighted by molar-refractivity contribution is 7.84. The quantitative estimate of drug-likeness (QED) is 0.730. The molecule has 2 aliphatic rings. The van der Waals surface area contributed by atoms with E-state index in [0.717, 1.165) is 32.7 Å². The zero-order valence-electron chi connectivity index (χ0n) is 17.9. The molecule has 0 aromatic heterocycles. The summed E-state index contributed by atoms with van der Waals surface area (Å²) < 4.78 is 25.7. The number of carbonyl (C=O) groups is 2. The van der Waals surface area contributed by atoms with Gasteiger partial charge >= 0.3 is 5.97 Å². The van der Waals surface area contributed by atoms with Gasteiger partial charge in [-0.25, -0.2) is 9.18 Å². The van der Waals surface area contributed by atoms with Crippen LogP contribution in [0.2, 0.25) is 0 Å². The van der Waals surface area contributed by atoms with Crippen LogP contribution < -0.4 is 0 Å². The summed E-state index contributed by atoms with van der Waals surface area (Å²) in [7, 11) is -1.06. The highest BCUT2D eigenvalue weighted by atomic mass is 32.2. The summed E-state index contributed by atoms with van der Waals surface area (Å²) in [4.78, 5) is 26.7. The number of allylic oxidation sites excluding steroid dienone is 2. The molecule has 0 radical (unpaired) electrons. The highest BCUT2D eigenvalue weighted by Gasteiger charge is 2.35. The van der Waals surface area contributed by atoms with E-state index in [1.165, 1.54) is 17.0 Å². The second kappa shape index (κ2) is 8.82. The Morgan fingerprint density at radius 2 is 1.91 bits per heavy atom. The topological polar surface area (TPSA) is 74.7 Å². The molecule has 2 atom stereocenters. The van der Waals surface area contributed by atoms with Gasteiger partial charge in [0.2, 0.25) is 5.91 Å². The van der Waals surface area contributed by atoms with Crippen molar-refractivity contribution in [3.05, 3.63) is 70.5 Å². The van der Waals surface area contributed by atoms with Crippen molar-refractivity contribution in [3.63, 3.8) is 0 Å². The molecule has 0 unspecified atom stereocenters. The van der Waals surface area contributed by atoms with Gasteiger partial charge in [-0.05, 0) is 83.5 Å². The van der Waals surface area contributed by atoms with Crippen LogP contribution >= 0.6 is 0 Å². The minimum atomic E-state index is -1.06. The van der Waals surface area contributed by atoms with E-state index in [4.69, 9.17) is 0 Å². The van der Waals surface area contributed by atoms with Gasteiger partial charge in [-0.3, -0.25) is 9.00 Å². The molecule has 2 aromatic carbocycles. The molecule has 2 aromatic rings. The molecule has 1 fully saturated rings. The number of carbonyl (C=O) groups excluding carboxylic acids is 1. The van der Waals surface area contributed by atoms with Gasteiger partial charge in [0.05, 0.1) is 6.42 Å². The van der Waals surface area contributed by atoms with Crippen LogP contribution in [-0.4, -0.2) is 44.9 Å². The van der Waals surface area contributed by atoms with E-state index < -0.39 is 22.8 Å². The Balaban J connectivity index is 1.71. The summed E-state index contributed by atoms with van der Waals surface area (Å²) in [5.41, 5.74) is 4.89. The van der Waals surface area contributed by atoms with Crippen LogP contribution in [0, 0.1) is 5.82 Å². The number of rotatable bonds is 5. The molecule has 1 aliphatic carbocycles. The van der Waals surface area contributed by atoms with Crippen molar-refractivity contribution in [1.82, 2.24) is 4.90 Å². The number of benzene rings is 2. The minimum absolute atomic E-state index is 0.0250. The molecule has 7 heteroatoms. The fourth-order valence-corrected chi connectivity index (χ4v) is 5.00. The zero-order chi connectivity index (χ0) is 23.0. The van der Waals surface area contributed by atoms with Crippen LogP contribution in [0.5, 0.6) is 0 Å². The van der Waals surface area contributed by atoms with Crippen molar-refractivity contribution in [3.8, 4) is 0 Å². The fourth-order valence-electron chi connectivity index (χ4n) is 4.48. The van der Waals surface area contributed by atoms with Crippen molar-refractivity contribution in [2.24, 2.45) is 0 Å². The Morgan fingerprint density at radius 1 is 1.19 bits per heavy atom. The molecule has 1 aliphatic heterocycles. The van der Waals surface area contributed by atoms with Crippen LogP contribution in [0.1, 0.15) is 42.9 Å². The van der Waals surface area contributed by atoms with E-state index >= 15 is 0 Å². The number of halogens is 1. The first-order valence-corrected chi connectivity index (χ1v) is 12.0. The predicted molar refractivity (Wildman–Crippen MR) is 123 cm³/mol. The van der Waals surface area contributed by atoms with Gasteiger partial charge in [-0.1, -0.05) is 18.2 Å².